The predicted octanol–water partition coefficient (Wildman–Crippen LogP) is 0.673. The van der Waals surface area contributed by atoms with Crippen LogP contribution in [0.2, 0.25) is 0 Å². The molecule has 0 aliphatic carbocycles. The fraction of sp³-hybridized carbons (Fsp3) is 0.182. The fourth-order valence-electron chi connectivity index (χ4n) is 1.46. The fourth-order valence-corrected chi connectivity index (χ4v) is 1.46. The van der Waals surface area contributed by atoms with Gasteiger partial charge in [0, 0.05) is 18.1 Å². The minimum Gasteiger partial charge on any atom is -0.495 e. The van der Waals surface area contributed by atoms with E-state index >= 15 is 0 Å². The van der Waals surface area contributed by atoms with Gasteiger partial charge in [-0.25, -0.2) is 0 Å². The second-order valence-electron chi connectivity index (χ2n) is 3.30. The van der Waals surface area contributed by atoms with E-state index in [1.807, 2.05) is 0 Å². The van der Waals surface area contributed by atoms with Crippen LogP contribution in [0.4, 0.5) is 0 Å². The van der Waals surface area contributed by atoms with Gasteiger partial charge in [0.2, 0.25) is 0 Å². The summed E-state index contributed by atoms with van der Waals surface area (Å²) in [5.41, 5.74) is 1.38. The molecular weight excluding hydrogens is 208 g/mol. The monoisotopic (exact) mass is 218 g/mol. The van der Waals surface area contributed by atoms with Crippen molar-refractivity contribution in [1.82, 2.24) is 9.97 Å². The third-order valence-electron chi connectivity index (χ3n) is 2.28. The molecule has 1 N–H and O–H groups in total. The van der Waals surface area contributed by atoms with Gasteiger partial charge in [0.1, 0.15) is 12.0 Å². The maximum Gasteiger partial charge on any atom is 0.252 e. The standard InChI is InChI=1S/C11H10N2O3/c1-16-8-5-10-9(12-6-8)4-7(2-3-14)11(15)13-10/h3-6H,2H2,1H3,(H,13,15). The van der Waals surface area contributed by atoms with Crippen LogP contribution in [-0.2, 0) is 11.2 Å². The average molecular weight is 218 g/mol. The van der Waals surface area contributed by atoms with E-state index < -0.39 is 0 Å². The average Bonchev–Trinajstić information content (AvgIpc) is 2.30. The molecule has 2 aromatic rings. The second kappa shape index (κ2) is 4.14. The van der Waals surface area contributed by atoms with E-state index in [0.29, 0.717) is 28.6 Å². The number of ether oxygens (including phenoxy) is 1. The molecule has 0 aliphatic heterocycles. The van der Waals surface area contributed by atoms with E-state index in [9.17, 15) is 9.59 Å². The molecule has 0 saturated carbocycles. The normalized spacial score (nSPS) is 10.3. The van der Waals surface area contributed by atoms with Gasteiger partial charge >= 0.3 is 0 Å². The molecule has 0 radical (unpaired) electrons. The Labute approximate surface area is 91.1 Å². The molecule has 0 saturated heterocycles. The Bertz CT molecular complexity index is 589. The molecule has 0 unspecified atom stereocenters. The summed E-state index contributed by atoms with van der Waals surface area (Å²) < 4.78 is 5.00. The number of nitrogens with zero attached hydrogens (tertiary/aromatic N) is 1. The molecule has 16 heavy (non-hydrogen) atoms. The van der Waals surface area contributed by atoms with Crippen molar-refractivity contribution in [3.05, 3.63) is 34.2 Å². The lowest BCUT2D eigenvalue weighted by Gasteiger charge is -2.02. The van der Waals surface area contributed by atoms with E-state index in [2.05, 4.69) is 9.97 Å². The number of hydrogen-bond donors (Lipinski definition) is 1. The summed E-state index contributed by atoms with van der Waals surface area (Å²) in [6.45, 7) is 0. The lowest BCUT2D eigenvalue weighted by atomic mass is 10.2. The summed E-state index contributed by atoms with van der Waals surface area (Å²) in [5, 5.41) is 0. The molecule has 82 valence electrons. The minimum atomic E-state index is -0.269. The van der Waals surface area contributed by atoms with E-state index in [1.165, 1.54) is 7.11 Å². The van der Waals surface area contributed by atoms with Gasteiger partial charge in [0.05, 0.1) is 24.3 Å². The number of methoxy groups -OCH3 is 1. The summed E-state index contributed by atoms with van der Waals surface area (Å²) in [5.74, 6) is 0.575. The van der Waals surface area contributed by atoms with E-state index in [0.717, 1.165) is 0 Å². The first-order valence-electron chi connectivity index (χ1n) is 4.74. The Hall–Kier alpha value is -2.17. The highest BCUT2D eigenvalue weighted by Gasteiger charge is 2.04. The summed E-state index contributed by atoms with van der Waals surface area (Å²) >= 11 is 0. The van der Waals surface area contributed by atoms with Crippen molar-refractivity contribution in [2.45, 2.75) is 6.42 Å². The van der Waals surface area contributed by atoms with E-state index in [1.54, 1.807) is 18.3 Å². The first-order valence-corrected chi connectivity index (χ1v) is 4.74. The molecule has 5 nitrogen and oxygen atoms in total. The number of nitrogens with one attached hydrogen (secondary N) is 1. The maximum absolute atomic E-state index is 11.5. The lowest BCUT2D eigenvalue weighted by Crippen LogP contribution is -2.13. The van der Waals surface area contributed by atoms with Crippen molar-refractivity contribution in [2.24, 2.45) is 0 Å². The molecule has 0 atom stereocenters. The van der Waals surface area contributed by atoms with Gasteiger partial charge < -0.3 is 14.5 Å². The van der Waals surface area contributed by atoms with Crippen LogP contribution in [0.5, 0.6) is 5.75 Å². The molecule has 0 bridgehead atoms. The van der Waals surface area contributed by atoms with Gasteiger partial charge in [-0.05, 0) is 6.07 Å². The number of fused-ring (bicyclic) bond motifs is 1. The SMILES string of the molecule is COc1cnc2cc(CC=O)c(=O)[nH]c2c1. The number of aromatic nitrogens is 2. The number of carbonyl (C=O) groups is 1. The quantitative estimate of drug-likeness (QED) is 0.768. The zero-order valence-electron chi connectivity index (χ0n) is 8.69. The van der Waals surface area contributed by atoms with Crippen molar-refractivity contribution < 1.29 is 9.53 Å². The molecular formula is C11H10N2O3. The molecule has 0 amide bonds. The molecule has 2 aromatic heterocycles. The molecule has 5 heteroatoms. The molecule has 0 aliphatic rings. The highest BCUT2D eigenvalue weighted by atomic mass is 16.5. The van der Waals surface area contributed by atoms with Gasteiger partial charge in [-0.2, -0.15) is 0 Å². The first-order chi connectivity index (χ1) is 7.74. The van der Waals surface area contributed by atoms with Crippen LogP contribution in [0.15, 0.2) is 23.1 Å². The lowest BCUT2D eigenvalue weighted by molar-refractivity contribution is -0.107. The zero-order chi connectivity index (χ0) is 11.5. The summed E-state index contributed by atoms with van der Waals surface area (Å²) in [7, 11) is 1.53. The van der Waals surface area contributed by atoms with E-state index in [4.69, 9.17) is 4.74 Å². The van der Waals surface area contributed by atoms with Crippen LogP contribution in [0.3, 0.4) is 0 Å². The van der Waals surface area contributed by atoms with Crippen LogP contribution < -0.4 is 10.3 Å². The number of hydrogen-bond acceptors (Lipinski definition) is 4. The van der Waals surface area contributed by atoms with Crippen LogP contribution in [-0.4, -0.2) is 23.4 Å². The summed E-state index contributed by atoms with van der Waals surface area (Å²) in [6, 6.07) is 3.30. The number of rotatable bonds is 3. The van der Waals surface area contributed by atoms with E-state index in [-0.39, 0.29) is 12.0 Å². The Balaban J connectivity index is 2.63. The number of aldehydes is 1. The molecule has 2 rings (SSSR count). The maximum atomic E-state index is 11.5. The molecule has 0 spiro atoms. The van der Waals surface area contributed by atoms with Gasteiger partial charge in [0.15, 0.2) is 0 Å². The smallest absolute Gasteiger partial charge is 0.252 e. The number of pyridine rings is 2. The number of H-pyrrole nitrogens is 1. The van der Waals surface area contributed by atoms with Crippen molar-refractivity contribution in [1.29, 1.82) is 0 Å². The van der Waals surface area contributed by atoms with Crippen LogP contribution in [0.1, 0.15) is 5.56 Å². The van der Waals surface area contributed by atoms with Gasteiger partial charge in [-0.15, -0.1) is 0 Å². The van der Waals surface area contributed by atoms with Gasteiger partial charge in [-0.3, -0.25) is 9.78 Å². The highest BCUT2D eigenvalue weighted by molar-refractivity contribution is 5.76. The third-order valence-corrected chi connectivity index (χ3v) is 2.28. The van der Waals surface area contributed by atoms with Gasteiger partial charge in [-0.1, -0.05) is 0 Å². The van der Waals surface area contributed by atoms with Gasteiger partial charge in [0.25, 0.3) is 5.56 Å². The Kier molecular flexibility index (Phi) is 2.68. The third kappa shape index (κ3) is 1.79. The minimum absolute atomic E-state index is 0.0962. The Morgan fingerprint density at radius 3 is 3.00 bits per heavy atom. The summed E-state index contributed by atoms with van der Waals surface area (Å²) in [6.07, 6.45) is 2.35. The topological polar surface area (TPSA) is 72.0 Å². The predicted molar refractivity (Wildman–Crippen MR) is 58.7 cm³/mol. The van der Waals surface area contributed by atoms with Crippen LogP contribution >= 0.6 is 0 Å². The zero-order valence-corrected chi connectivity index (χ0v) is 8.69. The second-order valence-corrected chi connectivity index (χ2v) is 3.30. The highest BCUT2D eigenvalue weighted by Crippen LogP contribution is 2.15. The number of aromatic amines is 1. The largest absolute Gasteiger partial charge is 0.495 e. The molecule has 2 heterocycles. The number of carbonyl (C=O) groups excluding carboxylic acids is 1. The van der Waals surface area contributed by atoms with Crippen LogP contribution in [0.25, 0.3) is 11.0 Å². The Morgan fingerprint density at radius 2 is 2.31 bits per heavy atom. The van der Waals surface area contributed by atoms with Crippen LogP contribution in [0, 0.1) is 0 Å². The van der Waals surface area contributed by atoms with Crippen molar-refractivity contribution in [3.8, 4) is 5.75 Å². The Morgan fingerprint density at radius 1 is 1.50 bits per heavy atom. The van der Waals surface area contributed by atoms with Crippen molar-refractivity contribution in [2.75, 3.05) is 7.11 Å². The summed E-state index contributed by atoms with van der Waals surface area (Å²) in [4.78, 5) is 28.7. The molecule has 0 fully saturated rings. The van der Waals surface area contributed by atoms with Crippen molar-refractivity contribution >= 4 is 17.3 Å². The molecule has 0 aromatic carbocycles. The van der Waals surface area contributed by atoms with Crippen molar-refractivity contribution in [3.63, 3.8) is 0 Å². The first kappa shape index (κ1) is 10.4.